The Balaban J connectivity index is 1.64. The number of fused-ring (bicyclic) bond motifs is 1. The molecule has 1 atom stereocenters. The van der Waals surface area contributed by atoms with Gasteiger partial charge in [0.2, 0.25) is 0 Å². The summed E-state index contributed by atoms with van der Waals surface area (Å²) in [7, 11) is 0. The molecule has 3 heterocycles. The molecule has 0 N–H and O–H groups in total. The molecule has 1 aliphatic carbocycles. The number of rotatable bonds is 1. The molecule has 28 heavy (non-hydrogen) atoms. The van der Waals surface area contributed by atoms with Crippen LogP contribution in [0.5, 0.6) is 0 Å². The van der Waals surface area contributed by atoms with Gasteiger partial charge in [-0.3, -0.25) is 9.59 Å². The Kier molecular flexibility index (Phi) is 4.36. The highest BCUT2D eigenvalue weighted by Gasteiger charge is 2.48. The van der Waals surface area contributed by atoms with Crippen LogP contribution in [0.2, 0.25) is 0 Å². The molecule has 1 spiro atoms. The lowest BCUT2D eigenvalue weighted by Gasteiger charge is -2.46. The van der Waals surface area contributed by atoms with Gasteiger partial charge in [0.15, 0.2) is 17.1 Å². The van der Waals surface area contributed by atoms with Crippen LogP contribution in [0.25, 0.3) is 5.65 Å². The number of allylic oxidation sites excluding steroid dienone is 1. The third-order valence-corrected chi connectivity index (χ3v) is 5.54. The number of ether oxygens (including phenoxy) is 1. The summed E-state index contributed by atoms with van der Waals surface area (Å²) in [4.78, 5) is 31.4. The predicted molar refractivity (Wildman–Crippen MR) is 102 cm³/mol. The molecule has 2 aromatic heterocycles. The lowest BCUT2D eigenvalue weighted by molar-refractivity contribution is -0.134. The summed E-state index contributed by atoms with van der Waals surface area (Å²) in [6.07, 6.45) is 5.37. The summed E-state index contributed by atoms with van der Waals surface area (Å²) in [5.74, 6) is -0.421. The Hall–Kier alpha value is -2.57. The molecule has 1 amide bonds. The number of carbonyl (C=O) groups excluding carboxylic acids is 2. The Bertz CT molecular complexity index is 1070. The van der Waals surface area contributed by atoms with Crippen molar-refractivity contribution in [1.29, 1.82) is 5.26 Å². The number of hydrogen-bond donors (Lipinski definition) is 0. The van der Waals surface area contributed by atoms with Crippen molar-refractivity contribution in [3.8, 4) is 6.07 Å². The van der Waals surface area contributed by atoms with Crippen molar-refractivity contribution < 1.29 is 14.3 Å². The van der Waals surface area contributed by atoms with Crippen LogP contribution in [0.15, 0.2) is 34.6 Å². The topological polar surface area (TPSA) is 101 Å². The number of nitrogens with zero attached hydrogens (tertiary/aromatic N) is 5. The molecule has 4 rings (SSSR count). The molecular formula is C19H18BrN5O3. The van der Waals surface area contributed by atoms with E-state index in [0.29, 0.717) is 30.9 Å². The Morgan fingerprint density at radius 2 is 2.21 bits per heavy atom. The molecule has 2 aromatic rings. The molecule has 1 fully saturated rings. The largest absolute Gasteiger partial charge is 0.367 e. The number of amides is 1. The number of halogens is 1. The van der Waals surface area contributed by atoms with E-state index in [0.717, 1.165) is 4.47 Å². The van der Waals surface area contributed by atoms with E-state index in [-0.39, 0.29) is 23.8 Å². The molecule has 1 unspecified atom stereocenters. The summed E-state index contributed by atoms with van der Waals surface area (Å²) in [6.45, 7) is 4.60. The Morgan fingerprint density at radius 3 is 2.96 bits per heavy atom. The van der Waals surface area contributed by atoms with Crippen LogP contribution in [0.3, 0.4) is 0 Å². The third-order valence-electron chi connectivity index (χ3n) is 5.13. The van der Waals surface area contributed by atoms with Crippen molar-refractivity contribution in [2.45, 2.75) is 25.9 Å². The molecule has 144 valence electrons. The van der Waals surface area contributed by atoms with E-state index in [1.54, 1.807) is 47.8 Å². The van der Waals surface area contributed by atoms with Gasteiger partial charge in [-0.15, -0.1) is 0 Å². The van der Waals surface area contributed by atoms with E-state index < -0.39 is 11.0 Å². The fourth-order valence-electron chi connectivity index (χ4n) is 3.95. The first-order chi connectivity index (χ1) is 13.2. The van der Waals surface area contributed by atoms with Crippen LogP contribution in [0, 0.1) is 16.7 Å². The maximum Gasteiger partial charge on any atom is 0.274 e. The second-order valence-corrected chi connectivity index (χ2v) is 8.72. The maximum atomic E-state index is 13.1. The van der Waals surface area contributed by atoms with Crippen LogP contribution < -0.4 is 0 Å². The third kappa shape index (κ3) is 3.12. The summed E-state index contributed by atoms with van der Waals surface area (Å²) in [5, 5.41) is 13.7. The van der Waals surface area contributed by atoms with Crippen molar-refractivity contribution in [2.75, 3.05) is 19.7 Å². The van der Waals surface area contributed by atoms with Crippen molar-refractivity contribution in [2.24, 2.45) is 5.41 Å². The average molecular weight is 444 g/mol. The quantitative estimate of drug-likeness (QED) is 0.668. The van der Waals surface area contributed by atoms with Gasteiger partial charge in [-0.05, 0) is 28.4 Å². The zero-order chi connectivity index (χ0) is 20.1. The molecule has 9 heteroatoms. The molecule has 2 aliphatic rings. The molecule has 0 bridgehead atoms. The highest BCUT2D eigenvalue weighted by Crippen LogP contribution is 2.41. The molecule has 0 aromatic carbocycles. The van der Waals surface area contributed by atoms with Crippen molar-refractivity contribution in [1.82, 2.24) is 19.5 Å². The number of aromatic nitrogens is 3. The zero-order valence-corrected chi connectivity index (χ0v) is 17.1. The van der Waals surface area contributed by atoms with Gasteiger partial charge in [0.05, 0.1) is 23.2 Å². The molecule has 0 radical (unpaired) electrons. The van der Waals surface area contributed by atoms with E-state index in [1.807, 2.05) is 6.07 Å². The molecule has 1 aliphatic heterocycles. The smallest absolute Gasteiger partial charge is 0.274 e. The van der Waals surface area contributed by atoms with Crippen LogP contribution >= 0.6 is 15.9 Å². The number of Topliss-reactive ketones (excluding diaryl/α,β-unsaturated/α-hetero) is 1. The number of nitriles is 1. The minimum Gasteiger partial charge on any atom is -0.367 e. The van der Waals surface area contributed by atoms with Gasteiger partial charge < -0.3 is 9.64 Å². The Labute approximate surface area is 169 Å². The van der Waals surface area contributed by atoms with Crippen LogP contribution in [-0.2, 0) is 9.53 Å². The highest BCUT2D eigenvalue weighted by atomic mass is 79.9. The predicted octanol–water partition coefficient (Wildman–Crippen LogP) is 2.15. The monoisotopic (exact) mass is 443 g/mol. The van der Waals surface area contributed by atoms with E-state index in [9.17, 15) is 14.9 Å². The van der Waals surface area contributed by atoms with E-state index >= 15 is 0 Å². The fourth-order valence-corrected chi connectivity index (χ4v) is 4.25. The first-order valence-corrected chi connectivity index (χ1v) is 9.64. The van der Waals surface area contributed by atoms with Crippen molar-refractivity contribution in [3.63, 3.8) is 0 Å². The first-order valence-electron chi connectivity index (χ1n) is 8.85. The SMILES string of the molecule is CC1(C)CC2(C=C(C#N)C1=O)CN(C(=O)c1cc3ncc(Br)cn3n1)CCO2. The second-order valence-electron chi connectivity index (χ2n) is 7.80. The minimum atomic E-state index is -0.850. The van der Waals surface area contributed by atoms with Gasteiger partial charge in [0.25, 0.3) is 5.91 Å². The van der Waals surface area contributed by atoms with E-state index in [1.165, 1.54) is 0 Å². The maximum absolute atomic E-state index is 13.1. The number of ketones is 1. The van der Waals surface area contributed by atoms with Crippen LogP contribution in [0.1, 0.15) is 30.8 Å². The van der Waals surface area contributed by atoms with Gasteiger partial charge in [-0.1, -0.05) is 13.8 Å². The summed E-state index contributed by atoms with van der Waals surface area (Å²) >= 11 is 3.34. The standard InChI is InChI=1S/C19H18BrN5O3/c1-18(2)10-19(6-12(7-21)16(18)26)11-24(3-4-28-19)17(27)14-5-15-22-8-13(20)9-25(15)23-14/h5-6,8-9H,3-4,10-11H2,1-2H3. The Morgan fingerprint density at radius 1 is 1.43 bits per heavy atom. The van der Waals surface area contributed by atoms with Gasteiger partial charge >= 0.3 is 0 Å². The number of hydrogen-bond acceptors (Lipinski definition) is 6. The normalized spacial score (nSPS) is 24.3. The van der Waals surface area contributed by atoms with Crippen molar-refractivity contribution in [3.05, 3.63) is 40.3 Å². The van der Waals surface area contributed by atoms with Crippen LogP contribution in [-0.4, -0.2) is 56.5 Å². The van der Waals surface area contributed by atoms with Gasteiger partial charge in [0.1, 0.15) is 11.7 Å². The lowest BCUT2D eigenvalue weighted by atomic mass is 9.69. The minimum absolute atomic E-state index is 0.0901. The highest BCUT2D eigenvalue weighted by molar-refractivity contribution is 9.10. The number of carbonyl (C=O) groups is 2. The first kappa shape index (κ1) is 18.8. The fraction of sp³-hybridized carbons (Fsp3) is 0.421. The zero-order valence-electron chi connectivity index (χ0n) is 15.5. The average Bonchev–Trinajstić information content (AvgIpc) is 3.07. The molecular weight excluding hydrogens is 426 g/mol. The molecule has 8 nitrogen and oxygen atoms in total. The molecule has 1 saturated heterocycles. The number of morpholine rings is 1. The van der Waals surface area contributed by atoms with Gasteiger partial charge in [-0.25, -0.2) is 9.50 Å². The van der Waals surface area contributed by atoms with Crippen molar-refractivity contribution >= 4 is 33.3 Å². The summed E-state index contributed by atoms with van der Waals surface area (Å²) in [5.41, 5.74) is -0.627. The summed E-state index contributed by atoms with van der Waals surface area (Å²) < 4.78 is 8.30. The van der Waals surface area contributed by atoms with Gasteiger partial charge in [0, 0.05) is 30.4 Å². The lowest BCUT2D eigenvalue weighted by Crippen LogP contribution is -2.57. The second kappa shape index (κ2) is 6.50. The molecule has 0 saturated carbocycles. The van der Waals surface area contributed by atoms with Crippen LogP contribution in [0.4, 0.5) is 0 Å². The van der Waals surface area contributed by atoms with E-state index in [2.05, 4.69) is 26.0 Å². The summed E-state index contributed by atoms with van der Waals surface area (Å²) in [6, 6.07) is 3.62. The van der Waals surface area contributed by atoms with Gasteiger partial charge in [-0.2, -0.15) is 10.4 Å². The van der Waals surface area contributed by atoms with E-state index in [4.69, 9.17) is 4.74 Å².